The maximum Gasteiger partial charge on any atom is 0.279 e. The van der Waals surface area contributed by atoms with E-state index in [1.54, 1.807) is 30.3 Å². The van der Waals surface area contributed by atoms with Crippen molar-refractivity contribution in [1.82, 2.24) is 4.98 Å². The fourth-order valence-corrected chi connectivity index (χ4v) is 2.14. The van der Waals surface area contributed by atoms with Gasteiger partial charge in [0, 0.05) is 11.9 Å². The van der Waals surface area contributed by atoms with Gasteiger partial charge in [-0.2, -0.15) is 8.42 Å². The van der Waals surface area contributed by atoms with Crippen molar-refractivity contribution in [2.45, 2.75) is 5.03 Å². The van der Waals surface area contributed by atoms with E-state index in [2.05, 4.69) is 15.8 Å². The summed E-state index contributed by atoms with van der Waals surface area (Å²) in [6.45, 7) is 0. The molecule has 0 aliphatic heterocycles. The molecule has 0 unspecified atom stereocenters. The molecule has 4 nitrogen and oxygen atoms in total. The van der Waals surface area contributed by atoms with Gasteiger partial charge in [0.2, 0.25) is 0 Å². The van der Waals surface area contributed by atoms with Gasteiger partial charge in [-0.05, 0) is 30.3 Å². The summed E-state index contributed by atoms with van der Waals surface area (Å²) >= 11 is 0. The van der Waals surface area contributed by atoms with Crippen LogP contribution in [0.3, 0.4) is 0 Å². The van der Waals surface area contributed by atoms with E-state index in [1.165, 1.54) is 12.3 Å². The van der Waals surface area contributed by atoms with Gasteiger partial charge in [0.05, 0.1) is 0 Å². The highest BCUT2D eigenvalue weighted by molar-refractivity contribution is 7.92. The first-order chi connectivity index (χ1) is 7.68. The van der Waals surface area contributed by atoms with Crippen molar-refractivity contribution >= 4 is 15.7 Å². The molecule has 0 saturated carbocycles. The van der Waals surface area contributed by atoms with Crippen LogP contribution >= 0.6 is 0 Å². The molecule has 81 valence electrons. The van der Waals surface area contributed by atoms with Gasteiger partial charge >= 0.3 is 0 Å². The van der Waals surface area contributed by atoms with E-state index in [9.17, 15) is 8.42 Å². The summed E-state index contributed by atoms with van der Waals surface area (Å²) in [5.41, 5.74) is 0.508. The molecule has 0 aliphatic carbocycles. The Morgan fingerprint density at radius 2 is 1.94 bits per heavy atom. The number of hydrogen-bond acceptors (Lipinski definition) is 3. The number of benzene rings is 1. The Labute approximate surface area is 94.0 Å². The van der Waals surface area contributed by atoms with Crippen molar-refractivity contribution in [1.29, 1.82) is 0 Å². The third-order valence-corrected chi connectivity index (χ3v) is 3.16. The SMILES string of the molecule is O=S(=O)(Nc1ccccc1)c1c[c]ccn1. The minimum absolute atomic E-state index is 0.0427. The molecular weight excluding hydrogens is 224 g/mol. The predicted octanol–water partition coefficient (Wildman–Crippen LogP) is 1.68. The molecule has 5 heteroatoms. The Balaban J connectivity index is 2.29. The van der Waals surface area contributed by atoms with Gasteiger partial charge in [-0.3, -0.25) is 4.72 Å². The summed E-state index contributed by atoms with van der Waals surface area (Å²) in [4.78, 5) is 3.76. The van der Waals surface area contributed by atoms with E-state index < -0.39 is 10.0 Å². The number of hydrogen-bond donors (Lipinski definition) is 1. The summed E-state index contributed by atoms with van der Waals surface area (Å²) < 4.78 is 26.0. The minimum atomic E-state index is -3.61. The third kappa shape index (κ3) is 2.38. The molecule has 0 saturated heterocycles. The fourth-order valence-electron chi connectivity index (χ4n) is 1.17. The molecule has 1 N–H and O–H groups in total. The zero-order chi connectivity index (χ0) is 11.4. The van der Waals surface area contributed by atoms with Crippen LogP contribution < -0.4 is 4.72 Å². The number of anilines is 1. The lowest BCUT2D eigenvalue weighted by Gasteiger charge is -2.06. The van der Waals surface area contributed by atoms with Crippen LogP contribution in [0.5, 0.6) is 0 Å². The molecule has 0 fully saturated rings. The second-order valence-electron chi connectivity index (χ2n) is 3.07. The van der Waals surface area contributed by atoms with E-state index in [0.717, 1.165) is 0 Å². The van der Waals surface area contributed by atoms with E-state index in [1.807, 2.05) is 6.07 Å². The van der Waals surface area contributed by atoms with Gasteiger partial charge in [0.1, 0.15) is 0 Å². The quantitative estimate of drug-likeness (QED) is 0.877. The van der Waals surface area contributed by atoms with Crippen molar-refractivity contribution in [2.24, 2.45) is 0 Å². The average molecular weight is 233 g/mol. The van der Waals surface area contributed by atoms with E-state index in [0.29, 0.717) is 5.69 Å². The largest absolute Gasteiger partial charge is 0.279 e. The predicted molar refractivity (Wildman–Crippen MR) is 60.3 cm³/mol. The number of pyridine rings is 1. The summed E-state index contributed by atoms with van der Waals surface area (Å²) in [6.07, 6.45) is 1.39. The van der Waals surface area contributed by atoms with Crippen LogP contribution in [0.4, 0.5) is 5.69 Å². The van der Waals surface area contributed by atoms with Crippen LogP contribution in [0.25, 0.3) is 0 Å². The topological polar surface area (TPSA) is 59.1 Å². The third-order valence-electron chi connectivity index (χ3n) is 1.88. The number of para-hydroxylation sites is 1. The summed E-state index contributed by atoms with van der Waals surface area (Å²) in [7, 11) is -3.61. The fraction of sp³-hybridized carbons (Fsp3) is 0. The first kappa shape index (κ1) is 10.6. The minimum Gasteiger partial charge on any atom is -0.278 e. The number of rotatable bonds is 3. The average Bonchev–Trinajstić information content (AvgIpc) is 2.31. The second-order valence-corrected chi connectivity index (χ2v) is 4.69. The molecule has 0 bridgehead atoms. The molecule has 1 aromatic carbocycles. The molecular formula is C11H9N2O2S. The van der Waals surface area contributed by atoms with E-state index in [4.69, 9.17) is 0 Å². The summed E-state index contributed by atoms with van der Waals surface area (Å²) in [6, 6.07) is 14.2. The maximum absolute atomic E-state index is 11.8. The van der Waals surface area contributed by atoms with Crippen molar-refractivity contribution in [3.63, 3.8) is 0 Å². The molecule has 2 aromatic rings. The van der Waals surface area contributed by atoms with Crippen LogP contribution in [0, 0.1) is 6.07 Å². The molecule has 0 amide bonds. The number of sulfonamides is 1. The van der Waals surface area contributed by atoms with Crippen molar-refractivity contribution in [3.8, 4) is 0 Å². The summed E-state index contributed by atoms with van der Waals surface area (Å²) in [5.74, 6) is 0. The standard InChI is InChI=1S/C11H9N2O2S/c14-16(15,11-8-4-5-9-12-11)13-10-6-2-1-3-7-10/h1-3,5-9,13H. The highest BCUT2D eigenvalue weighted by atomic mass is 32.2. The molecule has 2 rings (SSSR count). The number of aromatic nitrogens is 1. The van der Waals surface area contributed by atoms with Crippen molar-refractivity contribution in [2.75, 3.05) is 4.72 Å². The van der Waals surface area contributed by atoms with Gasteiger partial charge in [-0.25, -0.2) is 4.98 Å². The first-order valence-electron chi connectivity index (χ1n) is 4.58. The Kier molecular flexibility index (Phi) is 2.87. The molecule has 1 radical (unpaired) electrons. The molecule has 0 atom stereocenters. The van der Waals surface area contributed by atoms with Crippen LogP contribution in [-0.4, -0.2) is 13.4 Å². The van der Waals surface area contributed by atoms with E-state index >= 15 is 0 Å². The lowest BCUT2D eigenvalue weighted by molar-refractivity contribution is 0.597. The molecule has 1 aromatic heterocycles. The Bertz CT molecular complexity index is 553. The smallest absolute Gasteiger partial charge is 0.278 e. The summed E-state index contributed by atoms with van der Waals surface area (Å²) in [5, 5.41) is -0.0427. The number of nitrogens with one attached hydrogen (secondary N) is 1. The van der Waals surface area contributed by atoms with Crippen molar-refractivity contribution in [3.05, 3.63) is 54.7 Å². The first-order valence-corrected chi connectivity index (χ1v) is 6.07. The highest BCUT2D eigenvalue weighted by Gasteiger charge is 2.14. The van der Waals surface area contributed by atoms with Crippen molar-refractivity contribution < 1.29 is 8.42 Å². The highest BCUT2D eigenvalue weighted by Crippen LogP contribution is 2.12. The van der Waals surface area contributed by atoms with Crippen LogP contribution in [0.2, 0.25) is 0 Å². The molecule has 0 aliphatic rings. The Hall–Kier alpha value is -1.88. The van der Waals surface area contributed by atoms with Gasteiger partial charge in [0.15, 0.2) is 5.03 Å². The zero-order valence-corrected chi connectivity index (χ0v) is 9.11. The second kappa shape index (κ2) is 4.32. The van der Waals surface area contributed by atoms with Crippen LogP contribution in [0.1, 0.15) is 0 Å². The maximum atomic E-state index is 11.8. The van der Waals surface area contributed by atoms with Gasteiger partial charge in [-0.1, -0.05) is 18.2 Å². The van der Waals surface area contributed by atoms with Gasteiger partial charge in [0.25, 0.3) is 10.0 Å². The van der Waals surface area contributed by atoms with Gasteiger partial charge in [-0.15, -0.1) is 0 Å². The lowest BCUT2D eigenvalue weighted by atomic mass is 10.3. The van der Waals surface area contributed by atoms with Crippen LogP contribution in [0.15, 0.2) is 53.7 Å². The van der Waals surface area contributed by atoms with Gasteiger partial charge < -0.3 is 0 Å². The molecule has 1 heterocycles. The Morgan fingerprint density at radius 3 is 2.56 bits per heavy atom. The molecule has 16 heavy (non-hydrogen) atoms. The number of nitrogens with zero attached hydrogens (tertiary/aromatic N) is 1. The zero-order valence-electron chi connectivity index (χ0n) is 8.29. The normalized spacial score (nSPS) is 11.0. The Morgan fingerprint density at radius 1 is 1.19 bits per heavy atom. The lowest BCUT2D eigenvalue weighted by Crippen LogP contribution is -2.14. The monoisotopic (exact) mass is 233 g/mol. The molecule has 0 spiro atoms. The van der Waals surface area contributed by atoms with Crippen LogP contribution in [-0.2, 0) is 10.0 Å². The van der Waals surface area contributed by atoms with E-state index in [-0.39, 0.29) is 5.03 Å².